The number of hydrogen-bond acceptors (Lipinski definition) is 4. The van der Waals surface area contributed by atoms with Gasteiger partial charge in [-0.25, -0.2) is 0 Å². The van der Waals surface area contributed by atoms with Gasteiger partial charge in [-0.2, -0.15) is 0 Å². The van der Waals surface area contributed by atoms with Gasteiger partial charge >= 0.3 is 5.97 Å². The van der Waals surface area contributed by atoms with E-state index in [9.17, 15) is 4.79 Å². The molecule has 5 heteroatoms. The third kappa shape index (κ3) is 6.61. The fourth-order valence-corrected chi connectivity index (χ4v) is 5.05. The molecule has 0 amide bonds. The lowest BCUT2D eigenvalue weighted by Gasteiger charge is -2.51. The first kappa shape index (κ1) is 23.0. The number of alkyl halides is 1. The molecule has 1 saturated heterocycles. The minimum atomic E-state index is -0.436. The van der Waals surface area contributed by atoms with E-state index in [-0.39, 0.29) is 17.6 Å². The van der Waals surface area contributed by atoms with Crippen LogP contribution in [0.2, 0.25) is 0 Å². The molecule has 0 atom stereocenters. The summed E-state index contributed by atoms with van der Waals surface area (Å²) in [5, 5.41) is 3.65. The second-order valence-corrected chi connectivity index (χ2v) is 9.66. The highest BCUT2D eigenvalue weighted by atomic mass is 35.5. The molecule has 0 radical (unpaired) electrons. The van der Waals surface area contributed by atoms with Gasteiger partial charge in [-0.15, -0.1) is 0 Å². The molecule has 0 aromatic heterocycles. The number of halogens is 1. The van der Waals surface area contributed by atoms with Crippen LogP contribution in [0.3, 0.4) is 0 Å². The van der Waals surface area contributed by atoms with Crippen molar-refractivity contribution in [1.82, 2.24) is 5.32 Å². The number of esters is 1. The van der Waals surface area contributed by atoms with Crippen LogP contribution in [0.1, 0.15) is 85.0 Å². The Morgan fingerprint density at radius 2 is 1.56 bits per heavy atom. The van der Waals surface area contributed by atoms with Crippen LogP contribution >= 0.6 is 11.6 Å². The van der Waals surface area contributed by atoms with Gasteiger partial charge in [-0.1, -0.05) is 50.1 Å². The minimum Gasteiger partial charge on any atom is -0.449 e. The van der Waals surface area contributed by atoms with Crippen LogP contribution in [-0.2, 0) is 14.3 Å². The molecule has 1 N–H and O–H groups in total. The number of morpholine rings is 1. The Bertz CT molecular complexity index is 411. The van der Waals surface area contributed by atoms with E-state index in [2.05, 4.69) is 10.1 Å². The summed E-state index contributed by atoms with van der Waals surface area (Å²) in [5.41, 5.74) is -0.228. The smallest absolute Gasteiger partial charge is 0.312 e. The van der Waals surface area contributed by atoms with Crippen LogP contribution in [-0.4, -0.2) is 37.3 Å². The van der Waals surface area contributed by atoms with Crippen LogP contribution < -0.4 is 5.32 Å². The zero-order chi connectivity index (χ0) is 19.8. The van der Waals surface area contributed by atoms with Crippen molar-refractivity contribution in [3.8, 4) is 0 Å². The predicted octanol–water partition coefficient (Wildman–Crippen LogP) is 5.28. The van der Waals surface area contributed by atoms with Crippen LogP contribution in [0.25, 0.3) is 0 Å². The molecule has 1 heterocycles. The third-order valence-corrected chi connectivity index (χ3v) is 6.55. The summed E-state index contributed by atoms with van der Waals surface area (Å²) in [6, 6.07) is -0.0594. The lowest BCUT2D eigenvalue weighted by molar-refractivity contribution is -0.155. The van der Waals surface area contributed by atoms with E-state index in [0.29, 0.717) is 0 Å². The second kappa shape index (κ2) is 11.0. The summed E-state index contributed by atoms with van der Waals surface area (Å²) in [7, 11) is 0. The average Bonchev–Trinajstić information content (AvgIpc) is 2.70. The van der Waals surface area contributed by atoms with Gasteiger partial charge in [0.1, 0.15) is 0 Å². The lowest BCUT2D eigenvalue weighted by atomic mass is 9.66. The van der Waals surface area contributed by atoms with Crippen molar-refractivity contribution in [3.63, 3.8) is 0 Å². The summed E-state index contributed by atoms with van der Waals surface area (Å²) >= 11 is 5.16. The molecule has 3 aliphatic rings. The number of carbonyl (C=O) groups is 1. The molecular formula is C22H40ClNO3. The molecule has 0 bridgehead atoms. The molecule has 158 valence electrons. The van der Waals surface area contributed by atoms with Crippen molar-refractivity contribution in [2.75, 3.05) is 25.8 Å². The first-order chi connectivity index (χ1) is 12.9. The fourth-order valence-electron chi connectivity index (χ4n) is 4.95. The Morgan fingerprint density at radius 1 is 1.04 bits per heavy atom. The molecule has 0 unspecified atom stereocenters. The zero-order valence-electron chi connectivity index (χ0n) is 17.7. The first-order valence-electron chi connectivity index (χ1n) is 11.0. The highest BCUT2D eigenvalue weighted by Crippen LogP contribution is 2.45. The maximum atomic E-state index is 10.8. The number of carbonyl (C=O) groups excluding carboxylic acids is 1. The van der Waals surface area contributed by atoms with Gasteiger partial charge in [-0.3, -0.25) is 4.79 Å². The topological polar surface area (TPSA) is 47.6 Å². The van der Waals surface area contributed by atoms with Crippen LogP contribution in [0.5, 0.6) is 0 Å². The summed E-state index contributed by atoms with van der Waals surface area (Å²) in [5.74, 6) is 1.40. The minimum absolute atomic E-state index is 0.0594. The van der Waals surface area contributed by atoms with Crippen molar-refractivity contribution >= 4 is 17.6 Å². The van der Waals surface area contributed by atoms with Crippen LogP contribution in [0.15, 0.2) is 0 Å². The zero-order valence-corrected chi connectivity index (χ0v) is 18.4. The molecule has 0 aromatic rings. The quantitative estimate of drug-likeness (QED) is 0.516. The summed E-state index contributed by atoms with van der Waals surface area (Å²) in [4.78, 5) is 10.8. The maximum absolute atomic E-state index is 10.8. The molecule has 27 heavy (non-hydrogen) atoms. The van der Waals surface area contributed by atoms with Gasteiger partial charge in [0.15, 0.2) is 6.07 Å². The Labute approximate surface area is 171 Å². The Hall–Kier alpha value is -0.320. The molecule has 4 nitrogen and oxygen atoms in total. The highest BCUT2D eigenvalue weighted by Gasteiger charge is 2.47. The fraction of sp³-hybridized carbons (Fsp3) is 0.955. The van der Waals surface area contributed by atoms with Gasteiger partial charge in [0.05, 0.1) is 17.6 Å². The van der Waals surface area contributed by atoms with Crippen molar-refractivity contribution < 1.29 is 14.3 Å². The van der Waals surface area contributed by atoms with E-state index in [1.54, 1.807) is 20.8 Å². The third-order valence-electron chi connectivity index (χ3n) is 6.44. The largest absolute Gasteiger partial charge is 0.449 e. The molecule has 0 aromatic carbocycles. The maximum Gasteiger partial charge on any atom is 0.312 e. The number of nitrogens with one attached hydrogen (secondary N) is 1. The lowest BCUT2D eigenvalue weighted by Crippen LogP contribution is -2.59. The van der Waals surface area contributed by atoms with Gasteiger partial charge in [0.2, 0.25) is 0 Å². The van der Waals surface area contributed by atoms with E-state index < -0.39 is 5.41 Å². The molecule has 3 rings (SSSR count). The first-order valence-corrected chi connectivity index (χ1v) is 11.5. The van der Waals surface area contributed by atoms with Gasteiger partial charge in [-0.05, 0) is 58.3 Å². The normalized spacial score (nSPS) is 24.6. The number of ether oxygens (including phenoxy) is 2. The van der Waals surface area contributed by atoms with Crippen molar-refractivity contribution in [3.05, 3.63) is 0 Å². The van der Waals surface area contributed by atoms with Crippen LogP contribution in [0.4, 0.5) is 0 Å². The number of rotatable bonds is 3. The van der Waals surface area contributed by atoms with Crippen molar-refractivity contribution in [2.45, 2.75) is 90.6 Å². The van der Waals surface area contributed by atoms with E-state index in [0.717, 1.165) is 31.5 Å². The monoisotopic (exact) mass is 401 g/mol. The van der Waals surface area contributed by atoms with Gasteiger partial charge in [0, 0.05) is 13.1 Å². The molecular weight excluding hydrogens is 362 g/mol. The number of hydrogen-bond donors (Lipinski definition) is 1. The summed E-state index contributed by atoms with van der Waals surface area (Å²) in [6.07, 6.45) is 14.3. The molecule has 2 aliphatic carbocycles. The van der Waals surface area contributed by atoms with E-state index in [4.69, 9.17) is 16.3 Å². The SMILES string of the molecule is C1CCC(C2(C3CCCCC3)CNCCO2)CC1.CC(C)(C)C(=O)OCCl. The summed E-state index contributed by atoms with van der Waals surface area (Å²) < 4.78 is 11.0. The highest BCUT2D eigenvalue weighted by molar-refractivity contribution is 6.17. The van der Waals surface area contributed by atoms with Crippen LogP contribution in [0, 0.1) is 17.3 Å². The molecule has 2 saturated carbocycles. The van der Waals surface area contributed by atoms with E-state index >= 15 is 0 Å². The van der Waals surface area contributed by atoms with Crippen molar-refractivity contribution in [1.29, 1.82) is 0 Å². The van der Waals surface area contributed by atoms with Crippen molar-refractivity contribution in [2.24, 2.45) is 17.3 Å². The van der Waals surface area contributed by atoms with Gasteiger partial charge in [0.25, 0.3) is 0 Å². The second-order valence-electron chi connectivity index (χ2n) is 9.44. The Kier molecular flexibility index (Phi) is 9.37. The predicted molar refractivity (Wildman–Crippen MR) is 111 cm³/mol. The Morgan fingerprint density at radius 3 is 1.89 bits per heavy atom. The summed E-state index contributed by atoms with van der Waals surface area (Å²) in [6.45, 7) is 8.46. The molecule has 3 fully saturated rings. The van der Waals surface area contributed by atoms with E-state index in [1.165, 1.54) is 64.2 Å². The standard InChI is InChI=1S/C16H29NO.C6H11ClO2/c1-3-7-14(8-4-1)16(13-17-11-12-18-16)15-9-5-2-6-10-15;1-6(2,3)5(8)9-4-7/h14-15,17H,1-13H2;4H2,1-3H3. The van der Waals surface area contributed by atoms with Gasteiger partial charge < -0.3 is 14.8 Å². The molecule has 1 aliphatic heterocycles. The Balaban J connectivity index is 0.000000249. The van der Waals surface area contributed by atoms with E-state index in [1.807, 2.05) is 0 Å². The molecule has 0 spiro atoms. The average molecular weight is 402 g/mol.